The monoisotopic (exact) mass is 717 g/mol. The Balaban J connectivity index is 1.15. The van der Waals surface area contributed by atoms with Gasteiger partial charge >= 0.3 is 0 Å². The number of amidine groups is 2. The highest BCUT2D eigenvalue weighted by molar-refractivity contribution is 6.32. The van der Waals surface area contributed by atoms with E-state index in [4.69, 9.17) is 15.3 Å². The van der Waals surface area contributed by atoms with Crippen molar-refractivity contribution in [3.8, 4) is 22.3 Å². The van der Waals surface area contributed by atoms with Gasteiger partial charge in [-0.05, 0) is 95.7 Å². The molecule has 4 nitrogen and oxygen atoms in total. The normalized spacial score (nSPS) is 17.3. The zero-order valence-electron chi connectivity index (χ0n) is 30.7. The van der Waals surface area contributed by atoms with Crippen LogP contribution in [0.1, 0.15) is 41.1 Å². The number of benzene rings is 8. The lowest BCUT2D eigenvalue weighted by Gasteiger charge is -2.35. The second-order valence-electron chi connectivity index (χ2n) is 14.7. The Labute approximate surface area is 326 Å². The maximum absolute atomic E-state index is 5.34. The quantitative estimate of drug-likeness (QED) is 0.177. The molecule has 266 valence electrons. The van der Waals surface area contributed by atoms with E-state index in [9.17, 15) is 0 Å². The summed E-state index contributed by atoms with van der Waals surface area (Å²) in [6.45, 7) is 0. The van der Waals surface area contributed by atoms with Crippen LogP contribution in [-0.2, 0) is 0 Å². The van der Waals surface area contributed by atoms with Crippen molar-refractivity contribution in [2.24, 2.45) is 9.98 Å². The summed E-state index contributed by atoms with van der Waals surface area (Å²) in [7, 11) is 0. The summed E-state index contributed by atoms with van der Waals surface area (Å²) in [5.41, 5.74) is 11.8. The van der Waals surface area contributed by atoms with Crippen molar-refractivity contribution in [2.45, 2.75) is 25.0 Å². The van der Waals surface area contributed by atoms with Crippen molar-refractivity contribution >= 4 is 49.7 Å². The molecule has 4 heteroatoms. The Morgan fingerprint density at radius 3 is 1.88 bits per heavy atom. The van der Waals surface area contributed by atoms with Crippen LogP contribution < -0.4 is 5.32 Å². The van der Waals surface area contributed by atoms with Gasteiger partial charge in [0.25, 0.3) is 0 Å². The van der Waals surface area contributed by atoms with Crippen molar-refractivity contribution in [2.75, 3.05) is 5.32 Å². The van der Waals surface area contributed by atoms with E-state index < -0.39 is 0 Å². The molecule has 0 aromatic heterocycles. The first-order valence-electron chi connectivity index (χ1n) is 19.5. The number of para-hydroxylation sites is 1. The number of nitrogens with zero attached hydrogens (tertiary/aromatic N) is 3. The minimum absolute atomic E-state index is 0.0446. The third kappa shape index (κ3) is 5.29. The smallest absolute Gasteiger partial charge is 0.0818 e. The Kier molecular flexibility index (Phi) is 7.73. The molecule has 0 amide bonds. The van der Waals surface area contributed by atoms with Crippen molar-refractivity contribution in [1.82, 2.24) is 0 Å². The SMILES string of the molecule is C1=CC(C2N=C(c3ccccc3)N=C(c3c4ccccc4c(-c4cccc5c6c(ccc45)C(c4ccccc4)Nc4ccccc4-6)c4ccccc34)[N-]2)=CCC1. The minimum Gasteiger partial charge on any atom is -0.438 e. The topological polar surface area (TPSA) is 50.9 Å². The van der Waals surface area contributed by atoms with Gasteiger partial charge in [0.2, 0.25) is 0 Å². The molecule has 0 spiro atoms. The lowest BCUT2D eigenvalue weighted by Crippen LogP contribution is -2.22. The van der Waals surface area contributed by atoms with Gasteiger partial charge < -0.3 is 15.6 Å². The molecular formula is C52H37N4-. The number of hydrogen-bond acceptors (Lipinski definition) is 3. The number of fused-ring (bicyclic) bond motifs is 7. The van der Waals surface area contributed by atoms with Gasteiger partial charge in [-0.1, -0.05) is 182 Å². The molecule has 56 heavy (non-hydrogen) atoms. The van der Waals surface area contributed by atoms with E-state index in [1.807, 2.05) is 18.2 Å². The molecule has 1 aliphatic carbocycles. The number of hydrogen-bond donors (Lipinski definition) is 1. The van der Waals surface area contributed by atoms with Crippen LogP contribution in [0.5, 0.6) is 0 Å². The highest BCUT2D eigenvalue weighted by atomic mass is 15.2. The number of allylic oxidation sites excluding steroid dienone is 2. The first-order chi connectivity index (χ1) is 27.8. The van der Waals surface area contributed by atoms with E-state index in [0.29, 0.717) is 11.7 Å². The lowest BCUT2D eigenvalue weighted by molar-refractivity contribution is 0.900. The Morgan fingerprint density at radius 2 is 1.14 bits per heavy atom. The molecule has 3 aliphatic rings. The number of anilines is 1. The molecule has 0 radical (unpaired) electrons. The van der Waals surface area contributed by atoms with E-state index in [0.717, 1.165) is 46.0 Å². The first-order valence-corrected chi connectivity index (χ1v) is 19.5. The van der Waals surface area contributed by atoms with Gasteiger partial charge in [-0.3, -0.25) is 4.99 Å². The molecule has 2 aliphatic heterocycles. The summed E-state index contributed by atoms with van der Waals surface area (Å²) in [5.74, 6) is 1.42. The van der Waals surface area contributed by atoms with Gasteiger partial charge in [0.1, 0.15) is 0 Å². The zero-order valence-corrected chi connectivity index (χ0v) is 30.7. The van der Waals surface area contributed by atoms with Crippen LogP contribution >= 0.6 is 0 Å². The largest absolute Gasteiger partial charge is 0.438 e. The number of rotatable bonds is 5. The zero-order chi connectivity index (χ0) is 37.0. The lowest BCUT2D eigenvalue weighted by atomic mass is 9.81. The molecule has 8 aromatic rings. The predicted molar refractivity (Wildman–Crippen MR) is 235 cm³/mol. The average molecular weight is 718 g/mol. The summed E-state index contributed by atoms with van der Waals surface area (Å²) in [6, 6.07) is 58.9. The van der Waals surface area contributed by atoms with Crippen molar-refractivity contribution < 1.29 is 0 Å². The molecule has 8 aromatic carbocycles. The van der Waals surface area contributed by atoms with Gasteiger partial charge in [0.05, 0.1) is 18.0 Å². The maximum Gasteiger partial charge on any atom is 0.0818 e. The summed E-state index contributed by atoms with van der Waals surface area (Å²) < 4.78 is 0. The van der Waals surface area contributed by atoms with Crippen LogP contribution in [0.25, 0.3) is 59.9 Å². The van der Waals surface area contributed by atoms with E-state index in [-0.39, 0.29) is 12.2 Å². The second kappa shape index (κ2) is 13.4. The fourth-order valence-corrected chi connectivity index (χ4v) is 9.00. The molecule has 2 heterocycles. The minimum atomic E-state index is -0.368. The Hall–Kier alpha value is -7.04. The first kappa shape index (κ1) is 32.4. The van der Waals surface area contributed by atoms with Crippen LogP contribution in [0.4, 0.5) is 5.69 Å². The van der Waals surface area contributed by atoms with E-state index in [1.54, 1.807) is 0 Å². The van der Waals surface area contributed by atoms with E-state index >= 15 is 0 Å². The molecule has 0 saturated carbocycles. The number of aliphatic imine (C=N–C) groups is 2. The molecule has 0 saturated heterocycles. The summed E-state index contributed by atoms with van der Waals surface area (Å²) in [6.07, 6.45) is 8.35. The van der Waals surface area contributed by atoms with Gasteiger partial charge in [-0.15, -0.1) is 0 Å². The van der Waals surface area contributed by atoms with Crippen LogP contribution in [0, 0.1) is 0 Å². The average Bonchev–Trinajstić information content (AvgIpc) is 3.28. The molecule has 1 N–H and O–H groups in total. The van der Waals surface area contributed by atoms with Gasteiger partial charge in [0, 0.05) is 11.3 Å². The van der Waals surface area contributed by atoms with E-state index in [2.05, 4.69) is 169 Å². The molecule has 11 rings (SSSR count). The van der Waals surface area contributed by atoms with Crippen molar-refractivity contribution in [3.63, 3.8) is 0 Å². The van der Waals surface area contributed by atoms with E-state index in [1.165, 1.54) is 54.9 Å². The molecule has 2 atom stereocenters. The van der Waals surface area contributed by atoms with Crippen LogP contribution in [0.2, 0.25) is 0 Å². The summed E-state index contributed by atoms with van der Waals surface area (Å²) >= 11 is 0. The van der Waals surface area contributed by atoms with Crippen molar-refractivity contribution in [3.05, 3.63) is 215 Å². The fourth-order valence-electron chi connectivity index (χ4n) is 9.00. The van der Waals surface area contributed by atoms with Gasteiger partial charge in [-0.25, -0.2) is 0 Å². The van der Waals surface area contributed by atoms with Crippen LogP contribution in [0.15, 0.2) is 198 Å². The highest BCUT2D eigenvalue weighted by Crippen LogP contribution is 2.49. The highest BCUT2D eigenvalue weighted by Gasteiger charge is 2.28. The third-order valence-electron chi connectivity index (χ3n) is 11.5. The number of nitrogens with one attached hydrogen (secondary N) is 1. The van der Waals surface area contributed by atoms with Crippen LogP contribution in [-0.4, -0.2) is 17.8 Å². The standard InChI is InChI=1S/C52H37N4/c1-4-17-33(18-5-1)49-44-32-31-36-37(28-16-29-38(36)47(44)43-27-14-15-30-45(43)53-49)46-39-23-10-12-25-41(39)48(42-26-13-11-24-40(42)46)52-55-50(34-19-6-2-7-20-34)54-51(56-52)35-21-8-3-9-22-35/h1-2,4-8,10-32,49,51,53H,3,9H2/q-1. The predicted octanol–water partition coefficient (Wildman–Crippen LogP) is 13.2. The van der Waals surface area contributed by atoms with Crippen LogP contribution in [0.3, 0.4) is 0 Å². The molecule has 2 unspecified atom stereocenters. The molecule has 0 fully saturated rings. The fraction of sp³-hybridized carbons (Fsp3) is 0.0769. The summed E-state index contributed by atoms with van der Waals surface area (Å²) in [4.78, 5) is 10.4. The van der Waals surface area contributed by atoms with Gasteiger partial charge in [-0.2, -0.15) is 0 Å². The molecule has 0 bridgehead atoms. The second-order valence-corrected chi connectivity index (χ2v) is 14.7. The maximum atomic E-state index is 5.34. The summed E-state index contributed by atoms with van der Waals surface area (Å²) in [5, 5.41) is 16.3. The van der Waals surface area contributed by atoms with Gasteiger partial charge in [0.15, 0.2) is 0 Å². The third-order valence-corrected chi connectivity index (χ3v) is 11.5. The Morgan fingerprint density at radius 1 is 0.518 bits per heavy atom. The van der Waals surface area contributed by atoms with Crippen molar-refractivity contribution in [1.29, 1.82) is 0 Å². The Bertz CT molecular complexity index is 2920. The molecular weight excluding hydrogens is 681 g/mol.